The summed E-state index contributed by atoms with van der Waals surface area (Å²) in [5.41, 5.74) is 1.68. The molecule has 2 rings (SSSR count). The molecule has 2 aromatic rings. The Labute approximate surface area is 119 Å². The zero-order valence-electron chi connectivity index (χ0n) is 10.2. The van der Waals surface area contributed by atoms with Crippen LogP contribution in [0, 0.1) is 5.82 Å². The van der Waals surface area contributed by atoms with Crippen LogP contribution in [0.1, 0.15) is 11.1 Å². The second-order valence-electron chi connectivity index (χ2n) is 4.17. The quantitative estimate of drug-likeness (QED) is 0.918. The molecule has 98 valence electrons. The summed E-state index contributed by atoms with van der Waals surface area (Å²) in [5, 5.41) is 2.82. The summed E-state index contributed by atoms with van der Waals surface area (Å²) in [7, 11) is 0. The Morgan fingerprint density at radius 1 is 1.16 bits per heavy atom. The third-order valence-corrected chi connectivity index (χ3v) is 3.46. The molecule has 2 aromatic carbocycles. The van der Waals surface area contributed by atoms with Gasteiger partial charge in [0.25, 0.3) is 0 Å². The van der Waals surface area contributed by atoms with Crippen LogP contribution in [0.5, 0.6) is 0 Å². The molecule has 0 aliphatic rings. The van der Waals surface area contributed by atoms with Crippen LogP contribution >= 0.6 is 15.9 Å². The number of carbonyl (C=O) groups excluding carboxylic acids is 1. The van der Waals surface area contributed by atoms with Crippen molar-refractivity contribution in [1.29, 1.82) is 0 Å². The molecule has 0 heterocycles. The molecule has 0 bridgehead atoms. The monoisotopic (exact) mass is 321 g/mol. The molecule has 0 saturated heterocycles. The molecule has 0 unspecified atom stereocenters. The molecular weight excluding hydrogens is 309 g/mol. The van der Waals surface area contributed by atoms with E-state index in [9.17, 15) is 9.18 Å². The standard InChI is InChI=1S/C15H13BrFNO/c16-14-7-2-1-5-12(14)10-18-15(19)9-11-4-3-6-13(17)8-11/h1-8H,9-10H2,(H,18,19). The van der Waals surface area contributed by atoms with Gasteiger partial charge in [0, 0.05) is 11.0 Å². The SMILES string of the molecule is O=C(Cc1cccc(F)c1)NCc1ccccc1Br. The van der Waals surface area contributed by atoms with E-state index in [2.05, 4.69) is 21.2 Å². The average Bonchev–Trinajstić information content (AvgIpc) is 2.38. The molecule has 0 aliphatic heterocycles. The first kappa shape index (κ1) is 13.7. The number of amides is 1. The van der Waals surface area contributed by atoms with Crippen LogP contribution in [0.4, 0.5) is 4.39 Å². The Morgan fingerprint density at radius 2 is 1.95 bits per heavy atom. The maximum atomic E-state index is 13.0. The van der Waals surface area contributed by atoms with Crippen LogP contribution in [-0.2, 0) is 17.8 Å². The molecule has 0 atom stereocenters. The lowest BCUT2D eigenvalue weighted by Crippen LogP contribution is -2.24. The summed E-state index contributed by atoms with van der Waals surface area (Å²) >= 11 is 3.42. The van der Waals surface area contributed by atoms with E-state index in [0.29, 0.717) is 12.1 Å². The highest BCUT2D eigenvalue weighted by Crippen LogP contribution is 2.15. The van der Waals surface area contributed by atoms with Gasteiger partial charge in [0.15, 0.2) is 0 Å². The molecule has 0 aromatic heterocycles. The van der Waals surface area contributed by atoms with E-state index in [0.717, 1.165) is 10.0 Å². The second kappa shape index (κ2) is 6.48. The van der Waals surface area contributed by atoms with Gasteiger partial charge in [-0.2, -0.15) is 0 Å². The minimum absolute atomic E-state index is 0.124. The number of nitrogens with one attached hydrogen (secondary N) is 1. The first-order valence-electron chi connectivity index (χ1n) is 5.90. The van der Waals surface area contributed by atoms with Crippen molar-refractivity contribution < 1.29 is 9.18 Å². The fourth-order valence-corrected chi connectivity index (χ4v) is 2.16. The van der Waals surface area contributed by atoms with Gasteiger partial charge in [0.05, 0.1) is 6.42 Å². The summed E-state index contributed by atoms with van der Waals surface area (Å²) in [4.78, 5) is 11.8. The highest BCUT2D eigenvalue weighted by Gasteiger charge is 2.05. The second-order valence-corrected chi connectivity index (χ2v) is 5.03. The average molecular weight is 322 g/mol. The largest absolute Gasteiger partial charge is 0.352 e. The lowest BCUT2D eigenvalue weighted by Gasteiger charge is -2.07. The Bertz CT molecular complexity index is 586. The molecule has 0 aliphatic carbocycles. The van der Waals surface area contributed by atoms with E-state index < -0.39 is 0 Å². The van der Waals surface area contributed by atoms with E-state index in [1.807, 2.05) is 24.3 Å². The fourth-order valence-electron chi connectivity index (χ4n) is 1.73. The van der Waals surface area contributed by atoms with Crippen LogP contribution in [0.15, 0.2) is 53.0 Å². The van der Waals surface area contributed by atoms with Crippen molar-refractivity contribution in [2.75, 3.05) is 0 Å². The minimum atomic E-state index is -0.323. The summed E-state index contributed by atoms with van der Waals surface area (Å²) < 4.78 is 13.9. The van der Waals surface area contributed by atoms with Gasteiger partial charge in [0.1, 0.15) is 5.82 Å². The van der Waals surface area contributed by atoms with Crippen molar-refractivity contribution in [2.45, 2.75) is 13.0 Å². The Hall–Kier alpha value is -1.68. The summed E-state index contributed by atoms with van der Waals surface area (Å²) in [5.74, 6) is -0.447. The third-order valence-electron chi connectivity index (χ3n) is 2.69. The molecular formula is C15H13BrFNO. The van der Waals surface area contributed by atoms with Crippen molar-refractivity contribution >= 4 is 21.8 Å². The number of halogens is 2. The van der Waals surface area contributed by atoms with Gasteiger partial charge in [-0.3, -0.25) is 4.79 Å². The van der Waals surface area contributed by atoms with Crippen LogP contribution in [0.25, 0.3) is 0 Å². The van der Waals surface area contributed by atoms with Crippen molar-refractivity contribution in [2.24, 2.45) is 0 Å². The topological polar surface area (TPSA) is 29.1 Å². The maximum absolute atomic E-state index is 13.0. The number of carbonyl (C=O) groups is 1. The highest BCUT2D eigenvalue weighted by atomic mass is 79.9. The summed E-state index contributed by atoms with van der Waals surface area (Å²) in [6, 6.07) is 13.8. The smallest absolute Gasteiger partial charge is 0.224 e. The Balaban J connectivity index is 1.90. The number of rotatable bonds is 4. The highest BCUT2D eigenvalue weighted by molar-refractivity contribution is 9.10. The van der Waals surface area contributed by atoms with Crippen LogP contribution in [0.3, 0.4) is 0 Å². The molecule has 0 radical (unpaired) electrons. The first-order chi connectivity index (χ1) is 9.15. The van der Waals surface area contributed by atoms with E-state index in [1.54, 1.807) is 12.1 Å². The molecule has 1 N–H and O–H groups in total. The number of benzene rings is 2. The lowest BCUT2D eigenvalue weighted by atomic mass is 10.1. The van der Waals surface area contributed by atoms with Crippen molar-refractivity contribution in [3.05, 3.63) is 69.9 Å². The van der Waals surface area contributed by atoms with E-state index in [1.165, 1.54) is 12.1 Å². The minimum Gasteiger partial charge on any atom is -0.352 e. The van der Waals surface area contributed by atoms with Gasteiger partial charge < -0.3 is 5.32 Å². The predicted molar refractivity (Wildman–Crippen MR) is 76.1 cm³/mol. The van der Waals surface area contributed by atoms with Gasteiger partial charge in [-0.05, 0) is 29.3 Å². The Morgan fingerprint density at radius 3 is 2.68 bits per heavy atom. The van der Waals surface area contributed by atoms with Crippen molar-refractivity contribution in [1.82, 2.24) is 5.32 Å². The van der Waals surface area contributed by atoms with Gasteiger partial charge in [-0.15, -0.1) is 0 Å². The van der Waals surface area contributed by atoms with Gasteiger partial charge in [-0.25, -0.2) is 4.39 Å². The number of hydrogen-bond donors (Lipinski definition) is 1. The molecule has 2 nitrogen and oxygen atoms in total. The lowest BCUT2D eigenvalue weighted by molar-refractivity contribution is -0.120. The molecule has 0 fully saturated rings. The molecule has 19 heavy (non-hydrogen) atoms. The van der Waals surface area contributed by atoms with E-state index in [4.69, 9.17) is 0 Å². The van der Waals surface area contributed by atoms with Crippen LogP contribution < -0.4 is 5.32 Å². The summed E-state index contributed by atoms with van der Waals surface area (Å²) in [6.07, 6.45) is 0.183. The Kier molecular flexibility index (Phi) is 4.68. The third kappa shape index (κ3) is 4.17. The van der Waals surface area contributed by atoms with Crippen LogP contribution in [0.2, 0.25) is 0 Å². The molecule has 4 heteroatoms. The summed E-state index contributed by atoms with van der Waals surface area (Å²) in [6.45, 7) is 0.454. The zero-order valence-corrected chi connectivity index (χ0v) is 11.8. The van der Waals surface area contributed by atoms with Gasteiger partial charge in [-0.1, -0.05) is 46.3 Å². The molecule has 0 saturated carbocycles. The zero-order chi connectivity index (χ0) is 13.7. The fraction of sp³-hybridized carbons (Fsp3) is 0.133. The van der Waals surface area contributed by atoms with Gasteiger partial charge >= 0.3 is 0 Å². The number of hydrogen-bond acceptors (Lipinski definition) is 1. The van der Waals surface area contributed by atoms with Crippen LogP contribution in [-0.4, -0.2) is 5.91 Å². The van der Waals surface area contributed by atoms with Crippen molar-refractivity contribution in [3.8, 4) is 0 Å². The van der Waals surface area contributed by atoms with E-state index in [-0.39, 0.29) is 18.1 Å². The molecule has 0 spiro atoms. The predicted octanol–water partition coefficient (Wildman–Crippen LogP) is 3.45. The maximum Gasteiger partial charge on any atom is 0.224 e. The molecule has 1 amide bonds. The van der Waals surface area contributed by atoms with Crippen molar-refractivity contribution in [3.63, 3.8) is 0 Å². The first-order valence-corrected chi connectivity index (χ1v) is 6.69. The van der Waals surface area contributed by atoms with E-state index >= 15 is 0 Å². The van der Waals surface area contributed by atoms with Gasteiger partial charge in [0.2, 0.25) is 5.91 Å². The normalized spacial score (nSPS) is 10.2.